The third-order valence-electron chi connectivity index (χ3n) is 2.32. The molecule has 0 aliphatic rings. The van der Waals surface area contributed by atoms with Crippen molar-refractivity contribution in [2.45, 2.75) is 33.3 Å². The maximum Gasteiger partial charge on any atom is 0.227 e. The zero-order valence-corrected chi connectivity index (χ0v) is 9.40. The minimum atomic E-state index is 0.416. The molecule has 0 saturated heterocycles. The molecule has 0 aromatic carbocycles. The van der Waals surface area contributed by atoms with Gasteiger partial charge in [0.1, 0.15) is 6.61 Å². The summed E-state index contributed by atoms with van der Waals surface area (Å²) in [6, 6.07) is 0. The van der Waals surface area contributed by atoms with Gasteiger partial charge in [-0.05, 0) is 19.4 Å². The average molecular weight is 213 g/mol. The van der Waals surface area contributed by atoms with E-state index >= 15 is 0 Å². The Kier molecular flexibility index (Phi) is 5.28. The fraction of sp³-hybridized carbons (Fsp3) is 0.800. The number of hydrogen-bond acceptors (Lipinski definition) is 5. The highest BCUT2D eigenvalue weighted by molar-refractivity contribution is 4.86. The lowest BCUT2D eigenvalue weighted by molar-refractivity contribution is 0.126. The van der Waals surface area contributed by atoms with Crippen LogP contribution in [0.4, 0.5) is 0 Å². The summed E-state index contributed by atoms with van der Waals surface area (Å²) in [5.74, 6) is 1.69. The van der Waals surface area contributed by atoms with Gasteiger partial charge >= 0.3 is 0 Å². The first-order chi connectivity index (χ1) is 7.30. The van der Waals surface area contributed by atoms with Gasteiger partial charge in [-0.2, -0.15) is 4.98 Å². The van der Waals surface area contributed by atoms with Crippen LogP contribution in [-0.2, 0) is 17.8 Å². The molecule has 86 valence electrons. The molecule has 0 aliphatic heterocycles. The van der Waals surface area contributed by atoms with Crippen LogP contribution in [0.25, 0.3) is 0 Å². The van der Waals surface area contributed by atoms with Crippen LogP contribution in [0.15, 0.2) is 4.52 Å². The Bertz CT molecular complexity index is 271. The number of aromatic nitrogens is 2. The minimum absolute atomic E-state index is 0.416. The van der Waals surface area contributed by atoms with Crippen molar-refractivity contribution in [2.24, 2.45) is 11.7 Å². The van der Waals surface area contributed by atoms with Crippen molar-refractivity contribution in [3.8, 4) is 0 Å². The van der Waals surface area contributed by atoms with Gasteiger partial charge < -0.3 is 15.0 Å². The van der Waals surface area contributed by atoms with E-state index in [0.717, 1.165) is 12.8 Å². The molecule has 0 bridgehead atoms. The van der Waals surface area contributed by atoms with Gasteiger partial charge in [-0.25, -0.2) is 0 Å². The molecule has 0 radical (unpaired) electrons. The van der Waals surface area contributed by atoms with Crippen molar-refractivity contribution in [3.63, 3.8) is 0 Å². The van der Waals surface area contributed by atoms with Gasteiger partial charge in [0.15, 0.2) is 5.82 Å². The van der Waals surface area contributed by atoms with Crippen LogP contribution >= 0.6 is 0 Å². The molecule has 1 aromatic heterocycles. The lowest BCUT2D eigenvalue weighted by Gasteiger charge is -2.07. The van der Waals surface area contributed by atoms with E-state index in [1.807, 2.05) is 6.92 Å². The van der Waals surface area contributed by atoms with Gasteiger partial charge in [-0.15, -0.1) is 0 Å². The van der Waals surface area contributed by atoms with Crippen LogP contribution in [0.5, 0.6) is 0 Å². The van der Waals surface area contributed by atoms with Crippen LogP contribution in [0.2, 0.25) is 0 Å². The lowest BCUT2D eigenvalue weighted by Crippen LogP contribution is -2.16. The van der Waals surface area contributed by atoms with E-state index in [4.69, 9.17) is 15.0 Å². The monoisotopic (exact) mass is 213 g/mol. The lowest BCUT2D eigenvalue weighted by atomic mass is 10.0. The summed E-state index contributed by atoms with van der Waals surface area (Å²) in [6.45, 7) is 5.76. The normalized spacial score (nSPS) is 13.0. The smallest absolute Gasteiger partial charge is 0.227 e. The molecule has 15 heavy (non-hydrogen) atoms. The highest BCUT2D eigenvalue weighted by Crippen LogP contribution is 2.09. The number of hydrogen-bond donors (Lipinski definition) is 1. The SMILES string of the molecule is CCOCc1noc(CC(CC)CN)n1. The first kappa shape index (κ1) is 12.1. The molecular formula is C10H19N3O2. The Balaban J connectivity index is 2.44. The molecule has 0 saturated carbocycles. The third-order valence-corrected chi connectivity index (χ3v) is 2.32. The zero-order chi connectivity index (χ0) is 11.1. The van der Waals surface area contributed by atoms with Crippen molar-refractivity contribution in [1.29, 1.82) is 0 Å². The molecule has 1 atom stereocenters. The summed E-state index contributed by atoms with van der Waals surface area (Å²) in [5, 5.41) is 3.82. The first-order valence-corrected chi connectivity index (χ1v) is 5.39. The average Bonchev–Trinajstić information content (AvgIpc) is 2.70. The topological polar surface area (TPSA) is 74.2 Å². The van der Waals surface area contributed by atoms with Gasteiger partial charge in [-0.1, -0.05) is 18.5 Å². The highest BCUT2D eigenvalue weighted by atomic mass is 16.5. The molecular weight excluding hydrogens is 194 g/mol. The third kappa shape index (κ3) is 3.97. The summed E-state index contributed by atoms with van der Waals surface area (Å²) in [4.78, 5) is 4.23. The summed E-state index contributed by atoms with van der Waals surface area (Å²) < 4.78 is 10.3. The van der Waals surface area contributed by atoms with Crippen LogP contribution < -0.4 is 5.73 Å². The number of nitrogens with zero attached hydrogens (tertiary/aromatic N) is 2. The maximum atomic E-state index is 5.60. The molecule has 0 spiro atoms. The van der Waals surface area contributed by atoms with E-state index in [-0.39, 0.29) is 0 Å². The molecule has 0 fully saturated rings. The number of nitrogens with two attached hydrogens (primary N) is 1. The van der Waals surface area contributed by atoms with Crippen LogP contribution in [0, 0.1) is 5.92 Å². The van der Waals surface area contributed by atoms with Crippen molar-refractivity contribution in [2.75, 3.05) is 13.2 Å². The summed E-state index contributed by atoms with van der Waals surface area (Å²) in [7, 11) is 0. The number of ether oxygens (including phenoxy) is 1. The Labute approximate surface area is 90.0 Å². The van der Waals surface area contributed by atoms with Crippen molar-refractivity contribution in [1.82, 2.24) is 10.1 Å². The Morgan fingerprint density at radius 1 is 1.47 bits per heavy atom. The highest BCUT2D eigenvalue weighted by Gasteiger charge is 2.11. The Morgan fingerprint density at radius 3 is 2.87 bits per heavy atom. The largest absolute Gasteiger partial charge is 0.374 e. The van der Waals surface area contributed by atoms with Gasteiger partial charge in [-0.3, -0.25) is 0 Å². The van der Waals surface area contributed by atoms with E-state index in [1.165, 1.54) is 0 Å². The Morgan fingerprint density at radius 2 is 2.27 bits per heavy atom. The van der Waals surface area contributed by atoms with E-state index in [1.54, 1.807) is 0 Å². The van der Waals surface area contributed by atoms with Crippen molar-refractivity contribution in [3.05, 3.63) is 11.7 Å². The van der Waals surface area contributed by atoms with Gasteiger partial charge in [0.25, 0.3) is 0 Å². The second kappa shape index (κ2) is 6.53. The zero-order valence-electron chi connectivity index (χ0n) is 9.40. The fourth-order valence-corrected chi connectivity index (χ4v) is 1.27. The molecule has 0 aliphatic carbocycles. The summed E-state index contributed by atoms with van der Waals surface area (Å²) in [5.41, 5.74) is 5.60. The van der Waals surface area contributed by atoms with Crippen LogP contribution in [-0.4, -0.2) is 23.3 Å². The van der Waals surface area contributed by atoms with E-state index in [2.05, 4.69) is 17.1 Å². The van der Waals surface area contributed by atoms with E-state index in [0.29, 0.717) is 37.4 Å². The second-order valence-corrected chi connectivity index (χ2v) is 3.46. The predicted octanol–water partition coefficient (Wildman–Crippen LogP) is 1.13. The molecule has 5 heteroatoms. The number of rotatable bonds is 7. The molecule has 5 nitrogen and oxygen atoms in total. The standard InChI is InChI=1S/C10H19N3O2/c1-3-8(6-11)5-10-12-9(13-15-10)7-14-4-2/h8H,3-7,11H2,1-2H3. The second-order valence-electron chi connectivity index (χ2n) is 3.46. The fourth-order valence-electron chi connectivity index (χ4n) is 1.27. The molecule has 1 unspecified atom stereocenters. The maximum absolute atomic E-state index is 5.60. The van der Waals surface area contributed by atoms with Crippen molar-refractivity contribution >= 4 is 0 Å². The molecule has 0 amide bonds. The van der Waals surface area contributed by atoms with Crippen LogP contribution in [0.1, 0.15) is 32.0 Å². The first-order valence-electron chi connectivity index (χ1n) is 5.39. The quantitative estimate of drug-likeness (QED) is 0.735. The van der Waals surface area contributed by atoms with E-state index < -0.39 is 0 Å². The van der Waals surface area contributed by atoms with E-state index in [9.17, 15) is 0 Å². The molecule has 1 heterocycles. The van der Waals surface area contributed by atoms with Crippen molar-refractivity contribution < 1.29 is 9.26 Å². The predicted molar refractivity (Wildman–Crippen MR) is 56.2 cm³/mol. The van der Waals surface area contributed by atoms with Gasteiger partial charge in [0.05, 0.1) is 0 Å². The van der Waals surface area contributed by atoms with Gasteiger partial charge in [0, 0.05) is 13.0 Å². The minimum Gasteiger partial charge on any atom is -0.374 e. The molecule has 2 N–H and O–H groups in total. The molecule has 1 aromatic rings. The van der Waals surface area contributed by atoms with Gasteiger partial charge in [0.2, 0.25) is 5.89 Å². The van der Waals surface area contributed by atoms with Crippen LogP contribution in [0.3, 0.4) is 0 Å². The Hall–Kier alpha value is -0.940. The summed E-state index contributed by atoms with van der Waals surface area (Å²) in [6.07, 6.45) is 1.78. The molecule has 1 rings (SSSR count). The summed E-state index contributed by atoms with van der Waals surface area (Å²) >= 11 is 0.